The van der Waals surface area contributed by atoms with Gasteiger partial charge in [0.25, 0.3) is 0 Å². The third-order valence-corrected chi connectivity index (χ3v) is 4.37. The van der Waals surface area contributed by atoms with Crippen LogP contribution in [0.4, 0.5) is 5.69 Å². The van der Waals surface area contributed by atoms with Crippen LogP contribution in [-0.4, -0.2) is 6.54 Å². The lowest BCUT2D eigenvalue weighted by Crippen LogP contribution is -2.16. The van der Waals surface area contributed by atoms with Crippen LogP contribution in [0.3, 0.4) is 0 Å². The number of rotatable bonds is 8. The molecule has 1 heteroatoms. The molecular formula is C18H29N. The summed E-state index contributed by atoms with van der Waals surface area (Å²) in [7, 11) is 0. The Labute approximate surface area is 118 Å². The lowest BCUT2D eigenvalue weighted by atomic mass is 9.86. The molecule has 1 aliphatic heterocycles. The maximum absolute atomic E-state index is 3.52. The highest BCUT2D eigenvalue weighted by Gasteiger charge is 2.18. The number of fused-ring (bicyclic) bond motifs is 1. The molecule has 0 saturated carbocycles. The minimum Gasteiger partial charge on any atom is -0.385 e. The first kappa shape index (κ1) is 14.4. The molecule has 106 valence electrons. The highest BCUT2D eigenvalue weighted by molar-refractivity contribution is 5.54. The second-order valence-electron chi connectivity index (χ2n) is 5.91. The first-order chi connectivity index (χ1) is 9.42. The van der Waals surface area contributed by atoms with Gasteiger partial charge in [0.05, 0.1) is 0 Å². The van der Waals surface area contributed by atoms with Gasteiger partial charge in [0, 0.05) is 12.2 Å². The van der Waals surface area contributed by atoms with Crippen molar-refractivity contribution in [3.63, 3.8) is 0 Å². The highest BCUT2D eigenvalue weighted by Crippen LogP contribution is 2.34. The van der Waals surface area contributed by atoms with Crippen LogP contribution >= 0.6 is 0 Å². The van der Waals surface area contributed by atoms with Gasteiger partial charge in [-0.15, -0.1) is 0 Å². The molecule has 1 aromatic rings. The Kier molecular flexibility index (Phi) is 6.26. The molecule has 19 heavy (non-hydrogen) atoms. The van der Waals surface area contributed by atoms with Gasteiger partial charge in [-0.25, -0.2) is 0 Å². The van der Waals surface area contributed by atoms with Crippen LogP contribution in [0.25, 0.3) is 0 Å². The Balaban J connectivity index is 1.67. The average molecular weight is 259 g/mol. The molecule has 0 radical (unpaired) electrons. The Morgan fingerprint density at radius 1 is 1.00 bits per heavy atom. The first-order valence-corrected chi connectivity index (χ1v) is 8.24. The lowest BCUT2D eigenvalue weighted by Gasteiger charge is -2.26. The maximum Gasteiger partial charge on any atom is 0.0375 e. The van der Waals surface area contributed by atoms with Crippen molar-refractivity contribution >= 4 is 5.69 Å². The van der Waals surface area contributed by atoms with Crippen LogP contribution < -0.4 is 5.32 Å². The molecule has 2 rings (SSSR count). The van der Waals surface area contributed by atoms with Crippen LogP contribution in [0, 0.1) is 0 Å². The fraction of sp³-hybridized carbons (Fsp3) is 0.667. The summed E-state index contributed by atoms with van der Waals surface area (Å²) < 4.78 is 0. The van der Waals surface area contributed by atoms with Gasteiger partial charge in [0.2, 0.25) is 0 Å². The first-order valence-electron chi connectivity index (χ1n) is 8.24. The normalized spacial score (nSPS) is 17.8. The molecule has 0 amide bonds. The zero-order valence-electron chi connectivity index (χ0n) is 12.5. The van der Waals surface area contributed by atoms with E-state index in [1.165, 1.54) is 63.5 Å². The summed E-state index contributed by atoms with van der Waals surface area (Å²) in [4.78, 5) is 0. The summed E-state index contributed by atoms with van der Waals surface area (Å²) in [5, 5.41) is 3.52. The van der Waals surface area contributed by atoms with E-state index in [1.807, 2.05) is 0 Å². The largest absolute Gasteiger partial charge is 0.385 e. The minimum atomic E-state index is 0.799. The summed E-state index contributed by atoms with van der Waals surface area (Å²) in [5.74, 6) is 0.799. The monoisotopic (exact) mass is 259 g/mol. The summed E-state index contributed by atoms with van der Waals surface area (Å²) in [6.45, 7) is 3.44. The van der Waals surface area contributed by atoms with E-state index in [2.05, 4.69) is 36.5 Å². The summed E-state index contributed by atoms with van der Waals surface area (Å²) in [6.07, 6.45) is 12.6. The van der Waals surface area contributed by atoms with Gasteiger partial charge in [-0.1, -0.05) is 70.1 Å². The van der Waals surface area contributed by atoms with Crippen LogP contribution in [0.15, 0.2) is 24.3 Å². The van der Waals surface area contributed by atoms with E-state index in [9.17, 15) is 0 Å². The fourth-order valence-corrected chi connectivity index (χ4v) is 3.20. The fourth-order valence-electron chi connectivity index (χ4n) is 3.20. The molecule has 1 aromatic carbocycles. The molecule has 0 bridgehead atoms. The van der Waals surface area contributed by atoms with Gasteiger partial charge >= 0.3 is 0 Å². The van der Waals surface area contributed by atoms with Crippen molar-refractivity contribution in [2.45, 2.75) is 70.6 Å². The summed E-state index contributed by atoms with van der Waals surface area (Å²) in [6, 6.07) is 8.87. The third kappa shape index (κ3) is 4.56. The van der Waals surface area contributed by atoms with Gasteiger partial charge in [-0.3, -0.25) is 0 Å². The Hall–Kier alpha value is -0.980. The van der Waals surface area contributed by atoms with Crippen molar-refractivity contribution in [1.29, 1.82) is 0 Å². The van der Waals surface area contributed by atoms with Crippen molar-refractivity contribution in [3.05, 3.63) is 29.8 Å². The van der Waals surface area contributed by atoms with Crippen LogP contribution in [0.2, 0.25) is 0 Å². The highest BCUT2D eigenvalue weighted by atomic mass is 14.9. The smallest absolute Gasteiger partial charge is 0.0375 e. The van der Waals surface area contributed by atoms with E-state index in [1.54, 1.807) is 5.56 Å². The van der Waals surface area contributed by atoms with E-state index < -0.39 is 0 Å². The number of nitrogens with one attached hydrogen (secondary N) is 1. The maximum atomic E-state index is 3.52. The standard InChI is InChI=1S/C18H29N/c1-2-3-4-5-6-7-8-11-16-14-15-19-18-13-10-9-12-17(16)18/h9-10,12-13,16,19H,2-8,11,14-15H2,1H3. The summed E-state index contributed by atoms with van der Waals surface area (Å²) >= 11 is 0. The minimum absolute atomic E-state index is 0.799. The number of unbranched alkanes of at least 4 members (excludes halogenated alkanes) is 6. The quantitative estimate of drug-likeness (QED) is 0.588. The number of para-hydroxylation sites is 1. The number of hydrogen-bond acceptors (Lipinski definition) is 1. The molecule has 1 aliphatic rings. The molecule has 0 aromatic heterocycles. The van der Waals surface area contributed by atoms with Crippen molar-refractivity contribution < 1.29 is 0 Å². The molecule has 1 unspecified atom stereocenters. The Morgan fingerprint density at radius 2 is 1.74 bits per heavy atom. The second-order valence-corrected chi connectivity index (χ2v) is 5.91. The predicted molar refractivity (Wildman–Crippen MR) is 84.9 cm³/mol. The SMILES string of the molecule is CCCCCCCCCC1CCNc2ccccc21. The van der Waals surface area contributed by atoms with Crippen LogP contribution in [0.5, 0.6) is 0 Å². The molecule has 0 fully saturated rings. The molecular weight excluding hydrogens is 230 g/mol. The van der Waals surface area contributed by atoms with Crippen molar-refractivity contribution in [2.24, 2.45) is 0 Å². The topological polar surface area (TPSA) is 12.0 Å². The van der Waals surface area contributed by atoms with Gasteiger partial charge in [0.15, 0.2) is 0 Å². The van der Waals surface area contributed by atoms with Crippen LogP contribution in [0.1, 0.15) is 76.2 Å². The number of benzene rings is 1. The van der Waals surface area contributed by atoms with Crippen molar-refractivity contribution in [1.82, 2.24) is 0 Å². The summed E-state index contributed by atoms with van der Waals surface area (Å²) in [5.41, 5.74) is 2.93. The molecule has 0 spiro atoms. The van der Waals surface area contributed by atoms with Crippen molar-refractivity contribution in [3.8, 4) is 0 Å². The number of anilines is 1. The zero-order valence-corrected chi connectivity index (χ0v) is 12.5. The molecule has 1 nitrogen and oxygen atoms in total. The Bertz CT molecular complexity index is 358. The molecule has 1 atom stereocenters. The number of hydrogen-bond donors (Lipinski definition) is 1. The van der Waals surface area contributed by atoms with E-state index in [0.29, 0.717) is 0 Å². The molecule has 0 aliphatic carbocycles. The Morgan fingerprint density at radius 3 is 2.58 bits per heavy atom. The van der Waals surface area contributed by atoms with Crippen molar-refractivity contribution in [2.75, 3.05) is 11.9 Å². The molecule has 1 N–H and O–H groups in total. The van der Waals surface area contributed by atoms with E-state index in [-0.39, 0.29) is 0 Å². The average Bonchev–Trinajstić information content (AvgIpc) is 2.46. The van der Waals surface area contributed by atoms with Gasteiger partial charge in [-0.05, 0) is 30.4 Å². The van der Waals surface area contributed by atoms with Gasteiger partial charge in [0.1, 0.15) is 0 Å². The van der Waals surface area contributed by atoms with Crippen LogP contribution in [-0.2, 0) is 0 Å². The second kappa shape index (κ2) is 8.24. The molecule has 1 heterocycles. The third-order valence-electron chi connectivity index (χ3n) is 4.37. The van der Waals surface area contributed by atoms with E-state index in [4.69, 9.17) is 0 Å². The molecule has 0 saturated heterocycles. The predicted octanol–water partition coefficient (Wildman–Crippen LogP) is 5.73. The van der Waals surface area contributed by atoms with Gasteiger partial charge < -0.3 is 5.32 Å². The van der Waals surface area contributed by atoms with Gasteiger partial charge in [-0.2, -0.15) is 0 Å². The zero-order chi connectivity index (χ0) is 13.3. The lowest BCUT2D eigenvalue weighted by molar-refractivity contribution is 0.514. The van der Waals surface area contributed by atoms with E-state index in [0.717, 1.165) is 12.5 Å². The van der Waals surface area contributed by atoms with E-state index >= 15 is 0 Å².